The first kappa shape index (κ1) is 31.9. The first-order valence-corrected chi connectivity index (χ1v) is 15.8. The normalized spacial score (nSPS) is 14.3. The van der Waals surface area contributed by atoms with E-state index in [1.807, 2.05) is 27.7 Å². The van der Waals surface area contributed by atoms with Gasteiger partial charge in [-0.25, -0.2) is 13.1 Å². The van der Waals surface area contributed by atoms with E-state index >= 15 is 0 Å². The second kappa shape index (κ2) is 13.1. The molecule has 3 N–H and O–H groups in total. The maximum atomic E-state index is 13.5. The lowest BCUT2D eigenvalue weighted by Gasteiger charge is -2.26. The maximum Gasteiger partial charge on any atom is 0.273 e. The van der Waals surface area contributed by atoms with E-state index < -0.39 is 15.9 Å². The van der Waals surface area contributed by atoms with Gasteiger partial charge in [0.15, 0.2) is 11.4 Å². The van der Waals surface area contributed by atoms with Crippen LogP contribution in [-0.2, 0) is 20.2 Å². The van der Waals surface area contributed by atoms with Gasteiger partial charge in [-0.3, -0.25) is 19.2 Å². The van der Waals surface area contributed by atoms with Crippen LogP contribution in [0.2, 0.25) is 0 Å². The average Bonchev–Trinajstić information content (AvgIpc) is 3.42. The molecule has 0 saturated carbocycles. The number of hydrogen-bond acceptors (Lipinski definition) is 9. The number of anilines is 2. The van der Waals surface area contributed by atoms with Crippen molar-refractivity contribution >= 4 is 33.2 Å². The van der Waals surface area contributed by atoms with E-state index in [-0.39, 0.29) is 28.5 Å². The lowest BCUT2D eigenvalue weighted by molar-refractivity contribution is 0.0383. The Balaban J connectivity index is 1.54. The number of nitrogens with zero attached hydrogens (tertiary/aromatic N) is 4. The molecule has 4 rings (SSSR count). The highest BCUT2D eigenvalue weighted by Crippen LogP contribution is 2.39. The summed E-state index contributed by atoms with van der Waals surface area (Å²) in [7, 11) is -2.22. The van der Waals surface area contributed by atoms with Crippen LogP contribution in [0, 0.1) is 6.92 Å². The molecule has 232 valence electrons. The van der Waals surface area contributed by atoms with Crippen molar-refractivity contribution in [3.05, 3.63) is 58.9 Å². The first-order valence-electron chi connectivity index (χ1n) is 13.9. The second-order valence-electron chi connectivity index (χ2n) is 11.4. The van der Waals surface area contributed by atoms with Gasteiger partial charge in [0.05, 0.1) is 49.8 Å². The van der Waals surface area contributed by atoms with Crippen LogP contribution in [0.1, 0.15) is 52.7 Å². The standard InChI is InChI=1S/C29H39N7O6S/c1-19-7-8-20(15-25(19)36-18-24(32-34-36)28(38)30-9-10-35-11-13-42-14-12-35)27(37)31-22-16-21(29(2,3)4)17-23(26(22)41-5)33-43(6,39)40/h7-8,15-18,33H,9-14H2,1-6H3,(H,30,38)(H,31,37). The summed E-state index contributed by atoms with van der Waals surface area (Å²) in [6.45, 7) is 12.0. The van der Waals surface area contributed by atoms with Crippen LogP contribution in [0.3, 0.4) is 0 Å². The van der Waals surface area contributed by atoms with Gasteiger partial charge in [0.2, 0.25) is 10.0 Å². The highest BCUT2D eigenvalue weighted by molar-refractivity contribution is 7.92. The molecule has 0 radical (unpaired) electrons. The highest BCUT2D eigenvalue weighted by atomic mass is 32.2. The topological polar surface area (TPSA) is 157 Å². The van der Waals surface area contributed by atoms with E-state index in [9.17, 15) is 18.0 Å². The summed E-state index contributed by atoms with van der Waals surface area (Å²) in [5.74, 6) is -0.604. The van der Waals surface area contributed by atoms with E-state index in [0.29, 0.717) is 36.7 Å². The molecule has 1 aliphatic rings. The molecular formula is C29H39N7O6S. The molecule has 1 saturated heterocycles. The van der Waals surface area contributed by atoms with E-state index in [0.717, 1.165) is 37.0 Å². The van der Waals surface area contributed by atoms with Crippen molar-refractivity contribution < 1.29 is 27.5 Å². The summed E-state index contributed by atoms with van der Waals surface area (Å²) in [6, 6.07) is 8.55. The Hall–Kier alpha value is -4.01. The van der Waals surface area contributed by atoms with Crippen LogP contribution in [-0.4, -0.2) is 92.9 Å². The summed E-state index contributed by atoms with van der Waals surface area (Å²) in [5, 5.41) is 13.9. The molecule has 0 atom stereocenters. The van der Waals surface area contributed by atoms with Gasteiger partial charge in [-0.2, -0.15) is 0 Å². The summed E-state index contributed by atoms with van der Waals surface area (Å²) in [6.07, 6.45) is 2.57. The van der Waals surface area contributed by atoms with Crippen molar-refractivity contribution in [2.45, 2.75) is 33.1 Å². The predicted molar refractivity (Wildman–Crippen MR) is 164 cm³/mol. The Bertz CT molecular complexity index is 1590. The van der Waals surface area contributed by atoms with Crippen LogP contribution in [0.25, 0.3) is 5.69 Å². The fourth-order valence-electron chi connectivity index (χ4n) is 4.57. The molecule has 1 fully saturated rings. The van der Waals surface area contributed by atoms with Crippen molar-refractivity contribution in [1.82, 2.24) is 25.2 Å². The smallest absolute Gasteiger partial charge is 0.273 e. The van der Waals surface area contributed by atoms with Crippen LogP contribution in [0.5, 0.6) is 5.75 Å². The van der Waals surface area contributed by atoms with Gasteiger partial charge in [0.25, 0.3) is 11.8 Å². The lowest BCUT2D eigenvalue weighted by Crippen LogP contribution is -2.41. The molecule has 3 aromatic rings. The van der Waals surface area contributed by atoms with E-state index in [2.05, 4.69) is 30.6 Å². The zero-order chi connectivity index (χ0) is 31.4. The molecule has 0 spiro atoms. The number of rotatable bonds is 10. The highest BCUT2D eigenvalue weighted by Gasteiger charge is 2.23. The number of morpholine rings is 1. The Morgan fingerprint density at radius 1 is 1.07 bits per heavy atom. The molecule has 13 nitrogen and oxygen atoms in total. The fraction of sp³-hybridized carbons (Fsp3) is 0.448. The molecule has 43 heavy (non-hydrogen) atoms. The van der Waals surface area contributed by atoms with E-state index in [4.69, 9.17) is 9.47 Å². The van der Waals surface area contributed by atoms with Crippen molar-refractivity contribution in [3.8, 4) is 11.4 Å². The van der Waals surface area contributed by atoms with Gasteiger partial charge >= 0.3 is 0 Å². The number of benzene rings is 2. The predicted octanol–water partition coefficient (Wildman–Crippen LogP) is 2.57. The number of carbonyl (C=O) groups excluding carboxylic acids is 2. The number of methoxy groups -OCH3 is 1. The monoisotopic (exact) mass is 613 g/mol. The summed E-state index contributed by atoms with van der Waals surface area (Å²) in [4.78, 5) is 28.4. The number of hydrogen-bond donors (Lipinski definition) is 3. The molecule has 2 aromatic carbocycles. The second-order valence-corrected chi connectivity index (χ2v) is 13.2. The molecule has 0 unspecified atom stereocenters. The van der Waals surface area contributed by atoms with Crippen molar-refractivity contribution in [2.24, 2.45) is 0 Å². The van der Waals surface area contributed by atoms with Gasteiger partial charge in [-0.1, -0.05) is 32.1 Å². The van der Waals surface area contributed by atoms with Crippen molar-refractivity contribution in [2.75, 3.05) is 62.8 Å². The zero-order valence-corrected chi connectivity index (χ0v) is 26.2. The number of nitrogens with one attached hydrogen (secondary N) is 3. The van der Waals surface area contributed by atoms with Crippen LogP contribution >= 0.6 is 0 Å². The first-order chi connectivity index (χ1) is 20.2. The third-order valence-corrected chi connectivity index (χ3v) is 7.55. The molecular weight excluding hydrogens is 574 g/mol. The largest absolute Gasteiger partial charge is 0.492 e. The minimum Gasteiger partial charge on any atom is -0.492 e. The van der Waals surface area contributed by atoms with Gasteiger partial charge in [0.1, 0.15) is 0 Å². The minimum atomic E-state index is -3.62. The Morgan fingerprint density at radius 2 is 1.77 bits per heavy atom. The zero-order valence-electron chi connectivity index (χ0n) is 25.4. The van der Waals surface area contributed by atoms with Crippen molar-refractivity contribution in [3.63, 3.8) is 0 Å². The van der Waals surface area contributed by atoms with E-state index in [1.54, 1.807) is 30.3 Å². The molecule has 2 amide bonds. The average molecular weight is 614 g/mol. The summed E-state index contributed by atoms with van der Waals surface area (Å²) < 4.78 is 38.9. The number of aromatic nitrogens is 3. The van der Waals surface area contributed by atoms with Gasteiger partial charge < -0.3 is 20.1 Å². The minimum absolute atomic E-state index is 0.158. The summed E-state index contributed by atoms with van der Waals surface area (Å²) >= 11 is 0. The third-order valence-electron chi connectivity index (χ3n) is 6.96. The van der Waals surface area contributed by atoms with Gasteiger partial charge in [0, 0.05) is 31.7 Å². The molecule has 0 bridgehead atoms. The molecule has 0 aliphatic carbocycles. The van der Waals surface area contributed by atoms with Crippen LogP contribution < -0.4 is 20.1 Å². The third kappa shape index (κ3) is 8.30. The molecule has 1 aliphatic heterocycles. The number of ether oxygens (including phenoxy) is 2. The van der Waals surface area contributed by atoms with Gasteiger partial charge in [-0.15, -0.1) is 5.10 Å². The summed E-state index contributed by atoms with van der Waals surface area (Å²) in [5.41, 5.74) is 2.82. The molecule has 2 heterocycles. The quantitative estimate of drug-likeness (QED) is 0.313. The molecule has 14 heteroatoms. The Labute approximate surface area is 252 Å². The van der Waals surface area contributed by atoms with Crippen LogP contribution in [0.15, 0.2) is 36.5 Å². The number of aryl methyl sites for hydroxylation is 1. The van der Waals surface area contributed by atoms with Gasteiger partial charge in [-0.05, 0) is 47.7 Å². The maximum absolute atomic E-state index is 13.5. The molecule has 1 aromatic heterocycles. The lowest BCUT2D eigenvalue weighted by atomic mass is 9.86. The van der Waals surface area contributed by atoms with Crippen LogP contribution in [0.4, 0.5) is 11.4 Å². The SMILES string of the molecule is COc1c(NC(=O)c2ccc(C)c(-n3cc(C(=O)NCCN4CCOCC4)nn3)c2)cc(C(C)(C)C)cc1NS(C)(=O)=O. The number of carbonyl (C=O) groups is 2. The Kier molecular flexibility index (Phi) is 9.72. The number of sulfonamides is 1. The Morgan fingerprint density at radius 3 is 2.42 bits per heavy atom. The number of amides is 2. The van der Waals surface area contributed by atoms with E-state index in [1.165, 1.54) is 18.0 Å². The fourth-order valence-corrected chi connectivity index (χ4v) is 5.12. The van der Waals surface area contributed by atoms with Crippen molar-refractivity contribution in [1.29, 1.82) is 0 Å².